The zero-order valence-corrected chi connectivity index (χ0v) is 8.35. The Balaban J connectivity index is 3.50. The number of halogens is 2. The van der Waals surface area contributed by atoms with Gasteiger partial charge >= 0.3 is 0 Å². The summed E-state index contributed by atoms with van der Waals surface area (Å²) >= 11 is 3.03. The monoisotopic (exact) mass is 241 g/mol. The van der Waals surface area contributed by atoms with E-state index in [4.69, 9.17) is 5.26 Å². The summed E-state index contributed by atoms with van der Waals surface area (Å²) in [5.74, 6) is -1.11. The fraction of sp³-hybridized carbons (Fsp3) is 0.111. The average Bonchev–Trinajstić information content (AvgIpc) is 2.01. The van der Waals surface area contributed by atoms with Gasteiger partial charge in [0.25, 0.3) is 0 Å². The van der Waals surface area contributed by atoms with Crippen molar-refractivity contribution >= 4 is 21.7 Å². The Bertz CT molecular complexity index is 409. The highest BCUT2D eigenvalue weighted by atomic mass is 79.9. The fourth-order valence-electron chi connectivity index (χ4n) is 1.02. The molecule has 0 spiro atoms. The van der Waals surface area contributed by atoms with Gasteiger partial charge in [-0.3, -0.25) is 4.79 Å². The van der Waals surface area contributed by atoms with Crippen molar-refractivity contribution in [2.24, 2.45) is 0 Å². The number of rotatable bonds is 1. The molecular weight excluding hydrogens is 237 g/mol. The third kappa shape index (κ3) is 1.93. The third-order valence-corrected chi connectivity index (χ3v) is 1.99. The van der Waals surface area contributed by atoms with Crippen LogP contribution in [0.2, 0.25) is 0 Å². The number of nitrogens with zero attached hydrogens (tertiary/aromatic N) is 1. The highest BCUT2D eigenvalue weighted by molar-refractivity contribution is 9.10. The predicted octanol–water partition coefficient (Wildman–Crippen LogP) is 2.66. The lowest BCUT2D eigenvalue weighted by Gasteiger charge is -2.01. The topological polar surface area (TPSA) is 40.9 Å². The second-order valence-corrected chi connectivity index (χ2v) is 3.39. The Hall–Kier alpha value is -1.21. The highest BCUT2D eigenvalue weighted by Crippen LogP contribution is 2.20. The number of carbonyl (C=O) groups excluding carboxylic acids is 1. The molecule has 0 saturated heterocycles. The van der Waals surface area contributed by atoms with Crippen LogP contribution in [-0.2, 0) is 0 Å². The minimum absolute atomic E-state index is 0.0550. The highest BCUT2D eigenvalue weighted by Gasteiger charge is 2.13. The lowest BCUT2D eigenvalue weighted by Crippen LogP contribution is -2.01. The molecule has 13 heavy (non-hydrogen) atoms. The standard InChI is InChI=1S/C9H5BrFNO/c1-5(13)9-6(4-12)2-7(10)3-8(9)11/h2-3H,1H3. The van der Waals surface area contributed by atoms with Crippen LogP contribution in [0.4, 0.5) is 4.39 Å². The summed E-state index contributed by atoms with van der Waals surface area (Å²) < 4.78 is 13.6. The maximum atomic E-state index is 13.1. The van der Waals surface area contributed by atoms with Gasteiger partial charge in [0.15, 0.2) is 5.78 Å². The van der Waals surface area contributed by atoms with Crippen LogP contribution in [0.3, 0.4) is 0 Å². The van der Waals surface area contributed by atoms with Gasteiger partial charge in [-0.15, -0.1) is 0 Å². The van der Waals surface area contributed by atoms with E-state index >= 15 is 0 Å². The molecule has 1 aromatic carbocycles. The zero-order valence-electron chi connectivity index (χ0n) is 6.77. The number of Topliss-reactive ketones (excluding diaryl/α,β-unsaturated/α-hetero) is 1. The molecule has 1 aromatic rings. The maximum absolute atomic E-state index is 13.1. The summed E-state index contributed by atoms with van der Waals surface area (Å²) in [5.41, 5.74) is -0.0925. The van der Waals surface area contributed by atoms with Crippen LogP contribution in [0.25, 0.3) is 0 Å². The lowest BCUT2D eigenvalue weighted by atomic mass is 10.1. The SMILES string of the molecule is CC(=O)c1c(F)cc(Br)cc1C#N. The molecule has 0 heterocycles. The first-order valence-electron chi connectivity index (χ1n) is 3.46. The van der Waals surface area contributed by atoms with Gasteiger partial charge in [-0.05, 0) is 19.1 Å². The van der Waals surface area contributed by atoms with E-state index in [-0.39, 0.29) is 11.1 Å². The second kappa shape index (κ2) is 3.67. The lowest BCUT2D eigenvalue weighted by molar-refractivity contribution is 0.101. The van der Waals surface area contributed by atoms with Crippen molar-refractivity contribution < 1.29 is 9.18 Å². The Morgan fingerprint density at radius 2 is 2.23 bits per heavy atom. The average molecular weight is 242 g/mol. The molecular formula is C9H5BrFNO. The van der Waals surface area contributed by atoms with Crippen LogP contribution in [0.5, 0.6) is 0 Å². The molecule has 0 saturated carbocycles. The van der Waals surface area contributed by atoms with Gasteiger partial charge in [0.1, 0.15) is 11.9 Å². The van der Waals surface area contributed by atoms with Gasteiger partial charge in [0.05, 0.1) is 11.1 Å². The molecule has 0 aliphatic rings. The van der Waals surface area contributed by atoms with Crippen molar-refractivity contribution in [1.82, 2.24) is 0 Å². The first-order valence-corrected chi connectivity index (χ1v) is 4.25. The van der Waals surface area contributed by atoms with Crippen molar-refractivity contribution in [3.05, 3.63) is 33.5 Å². The van der Waals surface area contributed by atoms with Crippen molar-refractivity contribution in [2.45, 2.75) is 6.92 Å². The second-order valence-electron chi connectivity index (χ2n) is 2.48. The largest absolute Gasteiger partial charge is 0.294 e. The van der Waals surface area contributed by atoms with E-state index in [1.54, 1.807) is 6.07 Å². The first-order chi connectivity index (χ1) is 6.06. The molecule has 0 atom stereocenters. The van der Waals surface area contributed by atoms with Crippen molar-refractivity contribution in [1.29, 1.82) is 5.26 Å². The van der Waals surface area contributed by atoms with Gasteiger partial charge in [-0.1, -0.05) is 15.9 Å². The smallest absolute Gasteiger partial charge is 0.164 e. The third-order valence-electron chi connectivity index (χ3n) is 1.53. The maximum Gasteiger partial charge on any atom is 0.164 e. The van der Waals surface area contributed by atoms with Gasteiger partial charge in [-0.25, -0.2) is 4.39 Å². The van der Waals surface area contributed by atoms with Gasteiger partial charge < -0.3 is 0 Å². The van der Waals surface area contributed by atoms with E-state index < -0.39 is 11.6 Å². The number of nitriles is 1. The number of benzene rings is 1. The molecule has 2 nitrogen and oxygen atoms in total. The molecule has 0 radical (unpaired) electrons. The van der Waals surface area contributed by atoms with Crippen LogP contribution in [-0.4, -0.2) is 5.78 Å². The summed E-state index contributed by atoms with van der Waals surface area (Å²) in [6.07, 6.45) is 0. The predicted molar refractivity (Wildman–Crippen MR) is 48.8 cm³/mol. The summed E-state index contributed by atoms with van der Waals surface area (Å²) in [4.78, 5) is 11.0. The summed E-state index contributed by atoms with van der Waals surface area (Å²) in [6.45, 7) is 1.23. The van der Waals surface area contributed by atoms with E-state index in [2.05, 4.69) is 15.9 Å². The summed E-state index contributed by atoms with van der Waals surface area (Å²) in [5, 5.41) is 8.63. The van der Waals surface area contributed by atoms with Crippen LogP contribution >= 0.6 is 15.9 Å². The quantitative estimate of drug-likeness (QED) is 0.710. The van der Waals surface area contributed by atoms with E-state index in [9.17, 15) is 9.18 Å². The van der Waals surface area contributed by atoms with Crippen LogP contribution in [0, 0.1) is 17.1 Å². The minimum Gasteiger partial charge on any atom is -0.294 e. The van der Waals surface area contributed by atoms with E-state index in [1.165, 1.54) is 13.0 Å². The van der Waals surface area contributed by atoms with Gasteiger partial charge in [-0.2, -0.15) is 5.26 Å². The number of hydrogen-bond acceptors (Lipinski definition) is 2. The van der Waals surface area contributed by atoms with Crippen LogP contribution in [0.1, 0.15) is 22.8 Å². The molecule has 0 unspecified atom stereocenters. The molecule has 0 fully saturated rings. The minimum atomic E-state index is -0.668. The fourth-order valence-corrected chi connectivity index (χ4v) is 1.45. The molecule has 0 aromatic heterocycles. The Labute approximate surface area is 83.1 Å². The summed E-state index contributed by atoms with van der Waals surface area (Å²) in [6, 6.07) is 4.35. The molecule has 66 valence electrons. The molecule has 1 rings (SSSR count). The Kier molecular flexibility index (Phi) is 2.79. The Morgan fingerprint density at radius 1 is 1.62 bits per heavy atom. The Morgan fingerprint density at radius 3 is 2.69 bits per heavy atom. The molecule has 0 N–H and O–H groups in total. The van der Waals surface area contributed by atoms with Crippen LogP contribution in [0.15, 0.2) is 16.6 Å². The van der Waals surface area contributed by atoms with Gasteiger partial charge in [0.2, 0.25) is 0 Å². The molecule has 0 bridgehead atoms. The van der Waals surface area contributed by atoms with Crippen molar-refractivity contribution in [3.63, 3.8) is 0 Å². The first kappa shape index (κ1) is 9.87. The number of carbonyl (C=O) groups is 1. The van der Waals surface area contributed by atoms with Gasteiger partial charge in [0, 0.05) is 4.47 Å². The van der Waals surface area contributed by atoms with E-state index in [1.807, 2.05) is 0 Å². The molecule has 0 amide bonds. The summed E-state index contributed by atoms with van der Waals surface area (Å²) in [7, 11) is 0. The van der Waals surface area contributed by atoms with Crippen LogP contribution < -0.4 is 0 Å². The zero-order chi connectivity index (χ0) is 10.0. The van der Waals surface area contributed by atoms with E-state index in [0.29, 0.717) is 4.47 Å². The van der Waals surface area contributed by atoms with E-state index in [0.717, 1.165) is 6.07 Å². The van der Waals surface area contributed by atoms with Crippen molar-refractivity contribution in [3.8, 4) is 6.07 Å². The molecule has 0 aliphatic heterocycles. The number of hydrogen-bond donors (Lipinski definition) is 0. The van der Waals surface area contributed by atoms with Crippen molar-refractivity contribution in [2.75, 3.05) is 0 Å². The normalized spacial score (nSPS) is 9.38. The molecule has 4 heteroatoms. The number of ketones is 1. The molecule has 0 aliphatic carbocycles.